The first-order valence-corrected chi connectivity index (χ1v) is 6.92. The van der Waals surface area contributed by atoms with Gasteiger partial charge in [0.2, 0.25) is 0 Å². The van der Waals surface area contributed by atoms with Crippen molar-refractivity contribution in [1.82, 2.24) is 0 Å². The average molecular weight is 240 g/mol. The van der Waals surface area contributed by atoms with Crippen molar-refractivity contribution >= 4 is 11.8 Å². The van der Waals surface area contributed by atoms with E-state index in [0.717, 1.165) is 38.5 Å². The molecule has 0 unspecified atom stereocenters. The summed E-state index contributed by atoms with van der Waals surface area (Å²) < 4.78 is 5.03. The second-order valence-corrected chi connectivity index (χ2v) is 4.88. The topological polar surface area (TPSA) is 43.4 Å². The molecule has 0 saturated heterocycles. The standard InChI is InChI=1S/C14H24O3/c1-2-3-11-17-14(16)10-9-13(15)12-7-5-4-6-8-12/h12H,2-11H2,1H3. The number of carbonyl (C=O) groups is 2. The largest absolute Gasteiger partial charge is 0.466 e. The molecule has 0 atom stereocenters. The van der Waals surface area contributed by atoms with E-state index in [9.17, 15) is 9.59 Å². The maximum atomic E-state index is 11.8. The maximum absolute atomic E-state index is 11.8. The molecule has 17 heavy (non-hydrogen) atoms. The quantitative estimate of drug-likeness (QED) is 0.506. The van der Waals surface area contributed by atoms with Crippen LogP contribution in [-0.2, 0) is 14.3 Å². The number of carbonyl (C=O) groups excluding carboxylic acids is 2. The van der Waals surface area contributed by atoms with E-state index >= 15 is 0 Å². The Morgan fingerprint density at radius 1 is 1.12 bits per heavy atom. The molecule has 0 radical (unpaired) electrons. The van der Waals surface area contributed by atoms with Gasteiger partial charge in [-0.15, -0.1) is 0 Å². The molecule has 0 aromatic rings. The SMILES string of the molecule is CCCCOC(=O)CCC(=O)C1CCCCC1. The molecule has 0 amide bonds. The van der Waals surface area contributed by atoms with Crippen molar-refractivity contribution in [3.8, 4) is 0 Å². The van der Waals surface area contributed by atoms with E-state index in [1.54, 1.807) is 0 Å². The first-order valence-electron chi connectivity index (χ1n) is 6.92. The summed E-state index contributed by atoms with van der Waals surface area (Å²) in [6.07, 6.45) is 8.18. The highest BCUT2D eigenvalue weighted by atomic mass is 16.5. The van der Waals surface area contributed by atoms with Gasteiger partial charge in [-0.25, -0.2) is 0 Å². The summed E-state index contributed by atoms with van der Waals surface area (Å²) in [4.78, 5) is 23.2. The molecule has 1 aliphatic rings. The Balaban J connectivity index is 2.11. The molecule has 1 rings (SSSR count). The van der Waals surface area contributed by atoms with Gasteiger partial charge in [0, 0.05) is 12.3 Å². The first kappa shape index (κ1) is 14.2. The van der Waals surface area contributed by atoms with Crippen molar-refractivity contribution in [3.63, 3.8) is 0 Å². The molecule has 3 heteroatoms. The van der Waals surface area contributed by atoms with Crippen LogP contribution in [0.25, 0.3) is 0 Å². The Morgan fingerprint density at radius 3 is 2.47 bits per heavy atom. The fraction of sp³-hybridized carbons (Fsp3) is 0.857. The molecular formula is C14H24O3. The number of ketones is 1. The molecular weight excluding hydrogens is 216 g/mol. The lowest BCUT2D eigenvalue weighted by Crippen LogP contribution is -2.19. The summed E-state index contributed by atoms with van der Waals surface area (Å²) >= 11 is 0. The fourth-order valence-electron chi connectivity index (χ4n) is 2.26. The van der Waals surface area contributed by atoms with Crippen molar-refractivity contribution in [2.24, 2.45) is 5.92 Å². The smallest absolute Gasteiger partial charge is 0.306 e. The van der Waals surface area contributed by atoms with Gasteiger partial charge in [0.1, 0.15) is 5.78 Å². The van der Waals surface area contributed by atoms with Gasteiger partial charge in [-0.05, 0) is 19.3 Å². The van der Waals surface area contributed by atoms with Crippen LogP contribution in [-0.4, -0.2) is 18.4 Å². The number of unbranched alkanes of at least 4 members (excludes halogenated alkanes) is 1. The summed E-state index contributed by atoms with van der Waals surface area (Å²) in [5.74, 6) is 0.256. The van der Waals surface area contributed by atoms with Crippen molar-refractivity contribution in [2.45, 2.75) is 64.7 Å². The molecule has 0 aromatic heterocycles. The van der Waals surface area contributed by atoms with Gasteiger partial charge in [-0.2, -0.15) is 0 Å². The van der Waals surface area contributed by atoms with E-state index in [2.05, 4.69) is 6.92 Å². The zero-order chi connectivity index (χ0) is 12.5. The van der Waals surface area contributed by atoms with Crippen molar-refractivity contribution in [1.29, 1.82) is 0 Å². The van der Waals surface area contributed by atoms with E-state index in [4.69, 9.17) is 4.74 Å². The van der Waals surface area contributed by atoms with Crippen molar-refractivity contribution in [2.75, 3.05) is 6.61 Å². The van der Waals surface area contributed by atoms with Gasteiger partial charge in [0.25, 0.3) is 0 Å². The molecule has 0 aliphatic heterocycles. The van der Waals surface area contributed by atoms with Crippen molar-refractivity contribution < 1.29 is 14.3 Å². The molecule has 0 spiro atoms. The predicted molar refractivity (Wildman–Crippen MR) is 66.7 cm³/mol. The number of ether oxygens (including phenoxy) is 1. The molecule has 3 nitrogen and oxygen atoms in total. The number of hydrogen-bond acceptors (Lipinski definition) is 3. The zero-order valence-electron chi connectivity index (χ0n) is 10.9. The van der Waals surface area contributed by atoms with Crippen molar-refractivity contribution in [3.05, 3.63) is 0 Å². The lowest BCUT2D eigenvalue weighted by Gasteiger charge is -2.19. The second-order valence-electron chi connectivity index (χ2n) is 4.88. The minimum atomic E-state index is -0.220. The first-order chi connectivity index (χ1) is 8.24. The molecule has 0 heterocycles. The highest BCUT2D eigenvalue weighted by molar-refractivity contribution is 5.84. The summed E-state index contributed by atoms with van der Waals surface area (Å²) in [7, 11) is 0. The van der Waals surface area contributed by atoms with Crippen LogP contribution < -0.4 is 0 Å². The lowest BCUT2D eigenvalue weighted by atomic mass is 9.85. The summed E-state index contributed by atoms with van der Waals surface area (Å²) in [6.45, 7) is 2.55. The second kappa shape index (κ2) is 8.26. The number of esters is 1. The van der Waals surface area contributed by atoms with Gasteiger partial charge in [0.05, 0.1) is 13.0 Å². The Kier molecular flexibility index (Phi) is 6.90. The molecule has 1 saturated carbocycles. The summed E-state index contributed by atoms with van der Waals surface area (Å²) in [6, 6.07) is 0. The van der Waals surface area contributed by atoms with Crippen LogP contribution in [0.4, 0.5) is 0 Å². The molecule has 1 aliphatic carbocycles. The predicted octanol–water partition coefficient (Wildman–Crippen LogP) is 3.26. The highest BCUT2D eigenvalue weighted by Gasteiger charge is 2.21. The monoisotopic (exact) mass is 240 g/mol. The molecule has 98 valence electrons. The molecule has 0 bridgehead atoms. The Bertz CT molecular complexity index is 242. The third-order valence-electron chi connectivity index (χ3n) is 3.40. The van der Waals surface area contributed by atoms with Crippen LogP contribution >= 0.6 is 0 Å². The highest BCUT2D eigenvalue weighted by Crippen LogP contribution is 2.25. The maximum Gasteiger partial charge on any atom is 0.306 e. The van der Waals surface area contributed by atoms with Crippen LogP contribution in [0.3, 0.4) is 0 Å². The van der Waals surface area contributed by atoms with Gasteiger partial charge < -0.3 is 4.74 Å². The third kappa shape index (κ3) is 5.85. The van der Waals surface area contributed by atoms with E-state index in [1.165, 1.54) is 6.42 Å². The van der Waals surface area contributed by atoms with Gasteiger partial charge in [-0.1, -0.05) is 32.6 Å². The molecule has 1 fully saturated rings. The third-order valence-corrected chi connectivity index (χ3v) is 3.40. The van der Waals surface area contributed by atoms with Crippen LogP contribution in [0.15, 0.2) is 0 Å². The number of hydrogen-bond donors (Lipinski definition) is 0. The van der Waals surface area contributed by atoms with Crippen LogP contribution in [0, 0.1) is 5.92 Å². The van der Waals surface area contributed by atoms with Gasteiger partial charge >= 0.3 is 5.97 Å². The summed E-state index contributed by atoms with van der Waals surface area (Å²) in [5.41, 5.74) is 0. The van der Waals surface area contributed by atoms with E-state index in [1.807, 2.05) is 0 Å². The number of Topliss-reactive ketones (excluding diaryl/α,β-unsaturated/α-hetero) is 1. The minimum absolute atomic E-state index is 0.215. The van der Waals surface area contributed by atoms with E-state index < -0.39 is 0 Å². The molecule has 0 aromatic carbocycles. The Labute approximate surface area is 104 Å². The Morgan fingerprint density at radius 2 is 1.82 bits per heavy atom. The lowest BCUT2D eigenvalue weighted by molar-refractivity contribution is -0.145. The minimum Gasteiger partial charge on any atom is -0.466 e. The zero-order valence-corrected chi connectivity index (χ0v) is 10.9. The number of rotatable bonds is 7. The van der Waals surface area contributed by atoms with E-state index in [-0.39, 0.29) is 24.1 Å². The Hall–Kier alpha value is -0.860. The average Bonchev–Trinajstić information content (AvgIpc) is 2.37. The van der Waals surface area contributed by atoms with Crippen LogP contribution in [0.1, 0.15) is 64.7 Å². The van der Waals surface area contributed by atoms with E-state index in [0.29, 0.717) is 13.0 Å². The fourth-order valence-corrected chi connectivity index (χ4v) is 2.26. The molecule has 0 N–H and O–H groups in total. The normalized spacial score (nSPS) is 16.8. The van der Waals surface area contributed by atoms with Crippen LogP contribution in [0.2, 0.25) is 0 Å². The summed E-state index contributed by atoms with van der Waals surface area (Å²) in [5, 5.41) is 0. The van der Waals surface area contributed by atoms with Gasteiger partial charge in [0.15, 0.2) is 0 Å². The van der Waals surface area contributed by atoms with Gasteiger partial charge in [-0.3, -0.25) is 9.59 Å². The van der Waals surface area contributed by atoms with Crippen LogP contribution in [0.5, 0.6) is 0 Å².